The van der Waals surface area contributed by atoms with E-state index in [2.05, 4.69) is 73.5 Å². The molecule has 0 aromatic heterocycles. The maximum absolute atomic E-state index is 4.66. The molecule has 2 nitrogen and oxygen atoms in total. The zero-order valence-corrected chi connectivity index (χ0v) is 13.5. The molecule has 0 amide bonds. The lowest BCUT2D eigenvalue weighted by molar-refractivity contribution is 0.966. The second-order valence-electron chi connectivity index (χ2n) is 5.56. The second-order valence-corrected chi connectivity index (χ2v) is 6.75. The van der Waals surface area contributed by atoms with Crippen molar-refractivity contribution in [2.45, 2.75) is 26.0 Å². The van der Waals surface area contributed by atoms with Crippen LogP contribution >= 0.6 is 11.8 Å². The van der Waals surface area contributed by atoms with E-state index in [9.17, 15) is 0 Å². The quantitative estimate of drug-likeness (QED) is 0.855. The number of anilines is 1. The molecule has 1 N–H and O–H groups in total. The highest BCUT2D eigenvalue weighted by Crippen LogP contribution is 2.36. The third-order valence-corrected chi connectivity index (χ3v) is 4.90. The predicted molar refractivity (Wildman–Crippen MR) is 93.4 cm³/mol. The van der Waals surface area contributed by atoms with Gasteiger partial charge in [0, 0.05) is 5.69 Å². The van der Waals surface area contributed by atoms with Crippen molar-refractivity contribution in [3.8, 4) is 0 Å². The van der Waals surface area contributed by atoms with E-state index in [0.717, 1.165) is 11.7 Å². The maximum Gasteiger partial charge on any atom is 0.161 e. The van der Waals surface area contributed by atoms with Gasteiger partial charge in [-0.05, 0) is 37.5 Å². The molecule has 1 unspecified atom stereocenters. The minimum Gasteiger partial charge on any atom is -0.335 e. The van der Waals surface area contributed by atoms with Crippen molar-refractivity contribution in [3.63, 3.8) is 0 Å². The highest BCUT2D eigenvalue weighted by Gasteiger charge is 2.21. The van der Waals surface area contributed by atoms with E-state index in [-0.39, 0.29) is 0 Å². The number of benzene rings is 2. The molecule has 0 radical (unpaired) electrons. The van der Waals surface area contributed by atoms with Gasteiger partial charge >= 0.3 is 0 Å². The zero-order valence-electron chi connectivity index (χ0n) is 12.7. The van der Waals surface area contributed by atoms with Crippen LogP contribution in [0.2, 0.25) is 0 Å². The molecular formula is C18H20N2S. The van der Waals surface area contributed by atoms with Gasteiger partial charge in [0.25, 0.3) is 0 Å². The van der Waals surface area contributed by atoms with Gasteiger partial charge in [-0.3, -0.25) is 4.99 Å². The van der Waals surface area contributed by atoms with Gasteiger partial charge in [0.2, 0.25) is 0 Å². The van der Waals surface area contributed by atoms with Crippen LogP contribution < -0.4 is 5.32 Å². The molecule has 2 aromatic carbocycles. The van der Waals surface area contributed by atoms with E-state index < -0.39 is 0 Å². The summed E-state index contributed by atoms with van der Waals surface area (Å²) in [4.78, 5) is 4.66. The van der Waals surface area contributed by atoms with E-state index in [0.29, 0.717) is 5.25 Å². The van der Waals surface area contributed by atoms with Gasteiger partial charge in [-0.2, -0.15) is 0 Å². The summed E-state index contributed by atoms with van der Waals surface area (Å²) in [6.45, 7) is 7.28. The van der Waals surface area contributed by atoms with Crippen LogP contribution in [0.1, 0.15) is 27.5 Å². The van der Waals surface area contributed by atoms with Crippen molar-refractivity contribution in [2.24, 2.45) is 4.99 Å². The van der Waals surface area contributed by atoms with Crippen LogP contribution in [0.5, 0.6) is 0 Å². The molecular weight excluding hydrogens is 276 g/mol. The molecule has 1 atom stereocenters. The largest absolute Gasteiger partial charge is 0.335 e. The molecule has 0 aliphatic carbocycles. The molecule has 0 fully saturated rings. The van der Waals surface area contributed by atoms with Gasteiger partial charge in [-0.25, -0.2) is 0 Å². The average molecular weight is 296 g/mol. The van der Waals surface area contributed by atoms with E-state index in [1.165, 1.54) is 27.9 Å². The average Bonchev–Trinajstić information content (AvgIpc) is 2.92. The third kappa shape index (κ3) is 3.13. The van der Waals surface area contributed by atoms with Crippen LogP contribution in [-0.2, 0) is 0 Å². The Labute approximate surface area is 130 Å². The molecule has 3 heteroatoms. The lowest BCUT2D eigenvalue weighted by Crippen LogP contribution is -2.08. The van der Waals surface area contributed by atoms with Crippen molar-refractivity contribution in [2.75, 3.05) is 11.9 Å². The summed E-state index contributed by atoms with van der Waals surface area (Å²) in [5.41, 5.74) is 6.40. The number of nitrogens with zero attached hydrogens (tertiary/aromatic N) is 1. The van der Waals surface area contributed by atoms with Gasteiger partial charge < -0.3 is 5.32 Å². The monoisotopic (exact) mass is 296 g/mol. The van der Waals surface area contributed by atoms with Gasteiger partial charge in [0.1, 0.15) is 0 Å². The highest BCUT2D eigenvalue weighted by atomic mass is 32.2. The number of hydrogen-bond donors (Lipinski definition) is 1. The zero-order chi connectivity index (χ0) is 14.8. The fourth-order valence-corrected chi connectivity index (χ4v) is 3.79. The second kappa shape index (κ2) is 5.94. The third-order valence-electron chi connectivity index (χ3n) is 3.73. The molecule has 0 spiro atoms. The number of amidine groups is 1. The molecule has 2 aromatic rings. The summed E-state index contributed by atoms with van der Waals surface area (Å²) in [7, 11) is 0. The maximum atomic E-state index is 4.66. The van der Waals surface area contributed by atoms with Crippen molar-refractivity contribution in [1.29, 1.82) is 0 Å². The Hall–Kier alpha value is -1.74. The first-order valence-electron chi connectivity index (χ1n) is 7.24. The smallest absolute Gasteiger partial charge is 0.161 e. The predicted octanol–water partition coefficient (Wildman–Crippen LogP) is 4.87. The molecule has 0 bridgehead atoms. The lowest BCUT2D eigenvalue weighted by atomic mass is 10.1. The molecule has 1 heterocycles. The summed E-state index contributed by atoms with van der Waals surface area (Å²) in [5, 5.41) is 4.97. The van der Waals surface area contributed by atoms with Crippen LogP contribution in [0.15, 0.2) is 47.5 Å². The van der Waals surface area contributed by atoms with E-state index in [1.807, 2.05) is 11.8 Å². The Bertz CT molecular complexity index is 654. The summed E-state index contributed by atoms with van der Waals surface area (Å²) in [6, 6.07) is 15.0. The summed E-state index contributed by atoms with van der Waals surface area (Å²) in [5.74, 6) is 0. The van der Waals surface area contributed by atoms with Gasteiger partial charge in [-0.1, -0.05) is 59.8 Å². The SMILES string of the molecule is Cc1cc(C)c(NC2=NCC(c3ccccc3)S2)c(C)c1. The first-order valence-corrected chi connectivity index (χ1v) is 8.12. The van der Waals surface area contributed by atoms with Crippen LogP contribution in [0, 0.1) is 20.8 Å². The fourth-order valence-electron chi connectivity index (χ4n) is 2.77. The van der Waals surface area contributed by atoms with E-state index in [1.54, 1.807) is 0 Å². The number of rotatable bonds is 2. The first kappa shape index (κ1) is 14.2. The first-order chi connectivity index (χ1) is 10.1. The van der Waals surface area contributed by atoms with Gasteiger partial charge in [0.15, 0.2) is 5.17 Å². The van der Waals surface area contributed by atoms with E-state index in [4.69, 9.17) is 0 Å². The summed E-state index contributed by atoms with van der Waals surface area (Å²) in [6.07, 6.45) is 0. The minimum atomic E-state index is 0.430. The molecule has 0 saturated carbocycles. The van der Waals surface area contributed by atoms with Crippen molar-refractivity contribution in [1.82, 2.24) is 0 Å². The Balaban J connectivity index is 1.73. The number of thioether (sulfide) groups is 1. The normalized spacial score (nSPS) is 17.7. The molecule has 108 valence electrons. The van der Waals surface area contributed by atoms with Crippen molar-refractivity contribution >= 4 is 22.6 Å². The minimum absolute atomic E-state index is 0.430. The fraction of sp³-hybridized carbons (Fsp3) is 0.278. The molecule has 0 saturated heterocycles. The van der Waals surface area contributed by atoms with Crippen molar-refractivity contribution in [3.05, 3.63) is 64.7 Å². The Morgan fingerprint density at radius 3 is 2.38 bits per heavy atom. The Morgan fingerprint density at radius 2 is 1.71 bits per heavy atom. The van der Waals surface area contributed by atoms with Gasteiger partial charge in [-0.15, -0.1) is 0 Å². The Morgan fingerprint density at radius 1 is 1.05 bits per heavy atom. The molecule has 21 heavy (non-hydrogen) atoms. The highest BCUT2D eigenvalue weighted by molar-refractivity contribution is 8.14. The number of hydrogen-bond acceptors (Lipinski definition) is 3. The number of aryl methyl sites for hydroxylation is 3. The van der Waals surface area contributed by atoms with Crippen LogP contribution in [-0.4, -0.2) is 11.7 Å². The van der Waals surface area contributed by atoms with Crippen LogP contribution in [0.3, 0.4) is 0 Å². The number of aliphatic imine (C=N–C) groups is 1. The molecule has 1 aliphatic heterocycles. The number of nitrogens with one attached hydrogen (secondary N) is 1. The topological polar surface area (TPSA) is 24.4 Å². The molecule has 1 aliphatic rings. The van der Waals surface area contributed by atoms with Crippen molar-refractivity contribution < 1.29 is 0 Å². The van der Waals surface area contributed by atoms with Crippen LogP contribution in [0.4, 0.5) is 5.69 Å². The summed E-state index contributed by atoms with van der Waals surface area (Å²) < 4.78 is 0. The van der Waals surface area contributed by atoms with E-state index >= 15 is 0 Å². The lowest BCUT2D eigenvalue weighted by Gasteiger charge is -2.14. The van der Waals surface area contributed by atoms with Gasteiger partial charge in [0.05, 0.1) is 11.8 Å². The molecule has 3 rings (SSSR count). The van der Waals surface area contributed by atoms with Crippen LogP contribution in [0.25, 0.3) is 0 Å². The standard InChI is InChI=1S/C18H20N2S/c1-12-9-13(2)17(14(3)10-12)20-18-19-11-16(21-18)15-7-5-4-6-8-15/h4-10,16H,11H2,1-3H3,(H,19,20). The summed E-state index contributed by atoms with van der Waals surface area (Å²) >= 11 is 1.82. The Kier molecular flexibility index (Phi) is 4.02.